The minimum atomic E-state index is -0.578. The maximum absolute atomic E-state index is 12.5. The molecule has 0 aliphatic carbocycles. The van der Waals surface area contributed by atoms with E-state index in [2.05, 4.69) is 10.6 Å². The van der Waals surface area contributed by atoms with Crippen molar-refractivity contribution in [2.24, 2.45) is 0 Å². The fraction of sp³-hybridized carbons (Fsp3) is 0.812. The van der Waals surface area contributed by atoms with E-state index >= 15 is 0 Å². The number of hydrogen-bond donors (Lipinski definition) is 2. The lowest BCUT2D eigenvalue weighted by atomic mass is 10.1. The third-order valence-electron chi connectivity index (χ3n) is 4.02. The van der Waals surface area contributed by atoms with Gasteiger partial charge in [-0.2, -0.15) is 0 Å². The molecule has 0 aromatic carbocycles. The number of nitrogens with zero attached hydrogens (tertiary/aromatic N) is 1. The molecule has 0 radical (unpaired) electrons. The Morgan fingerprint density at radius 2 is 1.96 bits per heavy atom. The average molecular weight is 325 g/mol. The Bertz CT molecular complexity index is 466. The molecule has 2 amide bonds. The number of hydrogen-bond acceptors (Lipinski definition) is 5. The molecule has 0 spiro atoms. The van der Waals surface area contributed by atoms with Gasteiger partial charge in [0.2, 0.25) is 11.8 Å². The van der Waals surface area contributed by atoms with Gasteiger partial charge < -0.3 is 20.3 Å². The SMILES string of the molecule is CC(C)(C)OC(=O)CNC(=O)[C@@H]1CCCN1C(=O)[C@@H]1CCCN1. The summed E-state index contributed by atoms with van der Waals surface area (Å²) in [7, 11) is 0. The highest BCUT2D eigenvalue weighted by Crippen LogP contribution is 2.20. The lowest BCUT2D eigenvalue weighted by Gasteiger charge is -2.27. The molecule has 130 valence electrons. The number of esters is 1. The summed E-state index contributed by atoms with van der Waals surface area (Å²) < 4.78 is 5.16. The van der Waals surface area contributed by atoms with Crippen molar-refractivity contribution in [3.63, 3.8) is 0 Å². The van der Waals surface area contributed by atoms with Crippen LogP contribution in [0.4, 0.5) is 0 Å². The van der Waals surface area contributed by atoms with E-state index in [1.54, 1.807) is 25.7 Å². The summed E-state index contributed by atoms with van der Waals surface area (Å²) in [5.41, 5.74) is -0.578. The summed E-state index contributed by atoms with van der Waals surface area (Å²) in [6.45, 7) is 6.60. The third-order valence-corrected chi connectivity index (χ3v) is 4.02. The van der Waals surface area contributed by atoms with Gasteiger partial charge in [-0.1, -0.05) is 0 Å². The fourth-order valence-corrected chi connectivity index (χ4v) is 3.05. The second-order valence-electron chi connectivity index (χ2n) is 7.14. The molecule has 0 unspecified atom stereocenters. The van der Waals surface area contributed by atoms with Gasteiger partial charge in [-0.15, -0.1) is 0 Å². The molecule has 2 saturated heterocycles. The molecule has 2 rings (SSSR count). The summed E-state index contributed by atoms with van der Waals surface area (Å²) >= 11 is 0. The fourth-order valence-electron chi connectivity index (χ4n) is 3.05. The maximum atomic E-state index is 12.5. The van der Waals surface area contributed by atoms with Crippen LogP contribution in [0.25, 0.3) is 0 Å². The van der Waals surface area contributed by atoms with Crippen molar-refractivity contribution in [2.45, 2.75) is 64.1 Å². The molecule has 0 bridgehead atoms. The van der Waals surface area contributed by atoms with E-state index in [9.17, 15) is 14.4 Å². The van der Waals surface area contributed by atoms with Gasteiger partial charge >= 0.3 is 5.97 Å². The zero-order valence-electron chi connectivity index (χ0n) is 14.2. The second-order valence-corrected chi connectivity index (χ2v) is 7.14. The van der Waals surface area contributed by atoms with Crippen LogP contribution in [-0.4, -0.2) is 60.0 Å². The summed E-state index contributed by atoms with van der Waals surface area (Å²) in [5.74, 6) is -0.753. The van der Waals surface area contributed by atoms with Gasteiger partial charge in [-0.3, -0.25) is 14.4 Å². The Labute approximate surface area is 137 Å². The van der Waals surface area contributed by atoms with Crippen LogP contribution in [0.2, 0.25) is 0 Å². The molecule has 7 heteroatoms. The van der Waals surface area contributed by atoms with E-state index < -0.39 is 17.6 Å². The molecule has 23 heavy (non-hydrogen) atoms. The molecule has 2 aliphatic rings. The van der Waals surface area contributed by atoms with Gasteiger partial charge in [-0.05, 0) is 53.0 Å². The molecule has 0 aromatic rings. The first kappa shape index (κ1) is 17.7. The summed E-state index contributed by atoms with van der Waals surface area (Å²) in [6, 6.07) is -0.651. The molecule has 2 fully saturated rings. The molecule has 2 heterocycles. The van der Waals surface area contributed by atoms with Crippen molar-refractivity contribution in [1.29, 1.82) is 0 Å². The molecule has 2 N–H and O–H groups in total. The number of rotatable bonds is 4. The van der Waals surface area contributed by atoms with Crippen LogP contribution in [-0.2, 0) is 19.1 Å². The summed E-state index contributed by atoms with van der Waals surface area (Å²) in [4.78, 5) is 38.1. The number of carbonyl (C=O) groups is 3. The van der Waals surface area contributed by atoms with Crippen molar-refractivity contribution in [3.8, 4) is 0 Å². The summed E-state index contributed by atoms with van der Waals surface area (Å²) in [6.07, 6.45) is 3.25. The minimum Gasteiger partial charge on any atom is -0.459 e. The lowest BCUT2D eigenvalue weighted by molar-refractivity contribution is -0.154. The zero-order valence-corrected chi connectivity index (χ0v) is 14.2. The Kier molecular flexibility index (Phi) is 5.62. The van der Waals surface area contributed by atoms with E-state index in [4.69, 9.17) is 4.74 Å². The Morgan fingerprint density at radius 1 is 1.22 bits per heavy atom. The van der Waals surface area contributed by atoms with Crippen molar-refractivity contribution in [3.05, 3.63) is 0 Å². The van der Waals surface area contributed by atoms with Crippen LogP contribution in [0.1, 0.15) is 46.5 Å². The van der Waals surface area contributed by atoms with Crippen molar-refractivity contribution in [1.82, 2.24) is 15.5 Å². The van der Waals surface area contributed by atoms with Crippen LogP contribution < -0.4 is 10.6 Å². The molecule has 2 aliphatic heterocycles. The highest BCUT2D eigenvalue weighted by Gasteiger charge is 2.37. The van der Waals surface area contributed by atoms with E-state index in [1.165, 1.54) is 0 Å². The van der Waals surface area contributed by atoms with Crippen LogP contribution in [0.3, 0.4) is 0 Å². The van der Waals surface area contributed by atoms with Gasteiger partial charge in [0.1, 0.15) is 18.2 Å². The standard InChI is InChI=1S/C16H27N3O4/c1-16(2,3)23-13(20)10-18-14(21)12-7-5-9-19(12)15(22)11-6-4-8-17-11/h11-12,17H,4-10H2,1-3H3,(H,18,21)/t11-,12-/m0/s1. The number of carbonyl (C=O) groups excluding carboxylic acids is 3. The molecule has 0 aromatic heterocycles. The van der Waals surface area contributed by atoms with Crippen molar-refractivity contribution < 1.29 is 19.1 Å². The third kappa shape index (κ3) is 4.92. The normalized spacial score (nSPS) is 24.6. The molecule has 7 nitrogen and oxygen atoms in total. The first-order valence-corrected chi connectivity index (χ1v) is 8.31. The minimum absolute atomic E-state index is 0.00239. The van der Waals surface area contributed by atoms with Crippen molar-refractivity contribution >= 4 is 17.8 Å². The van der Waals surface area contributed by atoms with Crippen molar-refractivity contribution in [2.75, 3.05) is 19.6 Å². The molecular weight excluding hydrogens is 298 g/mol. The van der Waals surface area contributed by atoms with E-state index in [0.717, 1.165) is 25.8 Å². The van der Waals surface area contributed by atoms with E-state index in [1.807, 2.05) is 0 Å². The highest BCUT2D eigenvalue weighted by atomic mass is 16.6. The topological polar surface area (TPSA) is 87.7 Å². The number of amides is 2. The molecular formula is C16H27N3O4. The zero-order chi connectivity index (χ0) is 17.0. The Hall–Kier alpha value is -1.63. The first-order chi connectivity index (χ1) is 10.8. The Morgan fingerprint density at radius 3 is 2.57 bits per heavy atom. The van der Waals surface area contributed by atoms with E-state index in [-0.39, 0.29) is 24.4 Å². The Balaban J connectivity index is 1.85. The second kappa shape index (κ2) is 7.29. The van der Waals surface area contributed by atoms with Gasteiger partial charge in [0.25, 0.3) is 0 Å². The van der Waals surface area contributed by atoms with Gasteiger partial charge in [0, 0.05) is 6.54 Å². The van der Waals surface area contributed by atoms with E-state index in [0.29, 0.717) is 13.0 Å². The van der Waals surface area contributed by atoms with Crippen LogP contribution in [0, 0.1) is 0 Å². The van der Waals surface area contributed by atoms with Crippen LogP contribution in [0.5, 0.6) is 0 Å². The predicted molar refractivity (Wildman–Crippen MR) is 84.6 cm³/mol. The maximum Gasteiger partial charge on any atom is 0.325 e. The predicted octanol–water partition coefficient (Wildman–Crippen LogP) is 0.187. The molecule has 2 atom stereocenters. The monoisotopic (exact) mass is 325 g/mol. The van der Waals surface area contributed by atoms with Gasteiger partial charge in [-0.25, -0.2) is 0 Å². The lowest BCUT2D eigenvalue weighted by Crippen LogP contribution is -2.51. The number of ether oxygens (including phenoxy) is 1. The van der Waals surface area contributed by atoms with Gasteiger partial charge in [0.15, 0.2) is 0 Å². The number of nitrogens with one attached hydrogen (secondary N) is 2. The van der Waals surface area contributed by atoms with Gasteiger partial charge in [0.05, 0.1) is 6.04 Å². The smallest absolute Gasteiger partial charge is 0.325 e. The largest absolute Gasteiger partial charge is 0.459 e. The van der Waals surface area contributed by atoms with Crippen LogP contribution >= 0.6 is 0 Å². The first-order valence-electron chi connectivity index (χ1n) is 8.31. The quantitative estimate of drug-likeness (QED) is 0.720. The highest BCUT2D eigenvalue weighted by molar-refractivity contribution is 5.91. The summed E-state index contributed by atoms with van der Waals surface area (Å²) in [5, 5.41) is 5.77. The number of likely N-dealkylation sites (tertiary alicyclic amines) is 1. The molecule has 0 saturated carbocycles. The van der Waals surface area contributed by atoms with Crippen LogP contribution in [0.15, 0.2) is 0 Å². The average Bonchev–Trinajstić information content (AvgIpc) is 3.12.